The van der Waals surface area contributed by atoms with E-state index in [2.05, 4.69) is 10.3 Å². The second kappa shape index (κ2) is 7.83. The maximum atomic E-state index is 12.5. The molecule has 1 aromatic rings. The van der Waals surface area contributed by atoms with Crippen LogP contribution >= 0.6 is 0 Å². The molecule has 0 aromatic carbocycles. The molecule has 24 heavy (non-hydrogen) atoms. The average Bonchev–Trinajstić information content (AvgIpc) is 2.94. The number of amides is 2. The van der Waals surface area contributed by atoms with Crippen molar-refractivity contribution >= 4 is 11.8 Å². The summed E-state index contributed by atoms with van der Waals surface area (Å²) in [4.78, 5) is 19.3. The second-order valence-electron chi connectivity index (χ2n) is 6.19. The molecule has 5 nitrogen and oxygen atoms in total. The van der Waals surface area contributed by atoms with Crippen molar-refractivity contribution in [3.8, 4) is 0 Å². The fraction of sp³-hybridized carbons (Fsp3) is 0.625. The summed E-state index contributed by atoms with van der Waals surface area (Å²) in [5.41, 5.74) is 0.991. The number of hydrogen-bond acceptors (Lipinski definition) is 3. The number of likely N-dealkylation sites (tertiary alicyclic amines) is 1. The van der Waals surface area contributed by atoms with Crippen molar-refractivity contribution in [2.24, 2.45) is 5.92 Å². The molecule has 2 rings (SSSR count). The molecule has 2 heterocycles. The number of aromatic nitrogens is 1. The first-order valence-corrected chi connectivity index (χ1v) is 8.04. The van der Waals surface area contributed by atoms with Crippen LogP contribution in [-0.2, 0) is 0 Å². The number of hydrogen-bond donors (Lipinski definition) is 1. The maximum absolute atomic E-state index is 12.5. The van der Waals surface area contributed by atoms with Gasteiger partial charge in [0.1, 0.15) is 5.82 Å². The Morgan fingerprint density at radius 1 is 1.50 bits per heavy atom. The first kappa shape index (κ1) is 18.5. The zero-order valence-electron chi connectivity index (χ0n) is 13.9. The number of carbonyl (C=O) groups is 1. The molecule has 1 N–H and O–H groups in total. The molecule has 1 aliphatic rings. The summed E-state index contributed by atoms with van der Waals surface area (Å²) in [7, 11) is 0. The van der Waals surface area contributed by atoms with Crippen molar-refractivity contribution < 1.29 is 18.0 Å². The Morgan fingerprint density at radius 3 is 2.88 bits per heavy atom. The highest BCUT2D eigenvalue weighted by molar-refractivity contribution is 5.88. The minimum Gasteiger partial charge on any atom is -0.324 e. The first-order valence-electron chi connectivity index (χ1n) is 8.04. The van der Waals surface area contributed by atoms with Crippen LogP contribution in [0.5, 0.6) is 0 Å². The smallest absolute Gasteiger partial charge is 0.324 e. The van der Waals surface area contributed by atoms with Gasteiger partial charge >= 0.3 is 12.2 Å². The van der Waals surface area contributed by atoms with E-state index in [1.54, 1.807) is 24.1 Å². The number of anilines is 1. The molecule has 0 radical (unpaired) electrons. The Kier molecular flexibility index (Phi) is 6.04. The highest BCUT2D eigenvalue weighted by atomic mass is 19.4. The van der Waals surface area contributed by atoms with Crippen LogP contribution in [0.1, 0.15) is 18.9 Å². The molecule has 0 spiro atoms. The van der Waals surface area contributed by atoms with Crippen LogP contribution in [0.3, 0.4) is 0 Å². The Bertz CT molecular complexity index is 564. The maximum Gasteiger partial charge on any atom is 0.401 e. The van der Waals surface area contributed by atoms with E-state index in [4.69, 9.17) is 0 Å². The Hall–Kier alpha value is -1.83. The lowest BCUT2D eigenvalue weighted by atomic mass is 10.1. The topological polar surface area (TPSA) is 48.5 Å². The minimum atomic E-state index is -4.19. The van der Waals surface area contributed by atoms with E-state index in [1.807, 2.05) is 13.0 Å². The van der Waals surface area contributed by atoms with Crippen LogP contribution in [0.4, 0.5) is 23.8 Å². The van der Waals surface area contributed by atoms with Gasteiger partial charge in [-0.15, -0.1) is 0 Å². The largest absolute Gasteiger partial charge is 0.401 e. The van der Waals surface area contributed by atoms with Crippen LogP contribution in [0, 0.1) is 12.8 Å². The summed E-state index contributed by atoms with van der Waals surface area (Å²) in [6, 6.07) is 3.35. The zero-order valence-corrected chi connectivity index (χ0v) is 13.9. The number of rotatable bonds is 5. The molecule has 1 fully saturated rings. The normalized spacial score (nSPS) is 18.2. The molecule has 0 bridgehead atoms. The number of aryl methyl sites for hydroxylation is 1. The highest BCUT2D eigenvalue weighted by Crippen LogP contribution is 2.22. The second-order valence-corrected chi connectivity index (χ2v) is 6.19. The Balaban J connectivity index is 1.84. The standard InChI is InChI=1S/C16H23F3N4O/c1-3-22(11-16(17,18)19)9-13-5-7-23(10-13)15(24)21-14-8-12(2)4-6-20-14/h4,6,8,13H,3,5,7,9-11H2,1-2H3,(H,20,21,24). The van der Waals surface area contributed by atoms with Gasteiger partial charge in [0, 0.05) is 25.8 Å². The molecule has 0 saturated carbocycles. The van der Waals surface area contributed by atoms with Gasteiger partial charge in [-0.3, -0.25) is 10.2 Å². The molecule has 2 amide bonds. The molecule has 1 unspecified atom stereocenters. The van der Waals surface area contributed by atoms with Crippen molar-refractivity contribution in [3.05, 3.63) is 23.9 Å². The van der Waals surface area contributed by atoms with Crippen LogP contribution in [0.25, 0.3) is 0 Å². The lowest BCUT2D eigenvalue weighted by Crippen LogP contribution is -2.39. The average molecular weight is 344 g/mol. The monoisotopic (exact) mass is 344 g/mol. The van der Waals surface area contributed by atoms with E-state index in [0.717, 1.165) is 5.56 Å². The van der Waals surface area contributed by atoms with Gasteiger partial charge in [0.05, 0.1) is 6.54 Å². The van der Waals surface area contributed by atoms with Crippen molar-refractivity contribution in [2.45, 2.75) is 26.4 Å². The fourth-order valence-corrected chi connectivity index (χ4v) is 2.88. The van der Waals surface area contributed by atoms with E-state index >= 15 is 0 Å². The predicted molar refractivity (Wildman–Crippen MR) is 85.8 cm³/mol. The van der Waals surface area contributed by atoms with Gasteiger partial charge in [0.25, 0.3) is 0 Å². The van der Waals surface area contributed by atoms with Gasteiger partial charge in [0.2, 0.25) is 0 Å². The molecule has 1 atom stereocenters. The summed E-state index contributed by atoms with van der Waals surface area (Å²) in [6.07, 6.45) is -1.86. The number of halogens is 3. The van der Waals surface area contributed by atoms with E-state index in [-0.39, 0.29) is 11.9 Å². The Morgan fingerprint density at radius 2 is 2.25 bits per heavy atom. The molecule has 134 valence electrons. The van der Waals surface area contributed by atoms with Gasteiger partial charge < -0.3 is 4.90 Å². The summed E-state index contributed by atoms with van der Waals surface area (Å²) >= 11 is 0. The van der Waals surface area contributed by atoms with Gasteiger partial charge in [-0.2, -0.15) is 13.2 Å². The van der Waals surface area contributed by atoms with Crippen LogP contribution in [0.15, 0.2) is 18.3 Å². The summed E-state index contributed by atoms with van der Waals surface area (Å²) < 4.78 is 37.6. The number of nitrogens with one attached hydrogen (secondary N) is 1. The van der Waals surface area contributed by atoms with Crippen molar-refractivity contribution in [1.82, 2.24) is 14.8 Å². The van der Waals surface area contributed by atoms with Crippen LogP contribution < -0.4 is 5.32 Å². The third-order valence-corrected chi connectivity index (χ3v) is 4.09. The molecular formula is C16H23F3N4O. The number of nitrogens with zero attached hydrogens (tertiary/aromatic N) is 3. The summed E-state index contributed by atoms with van der Waals surface area (Å²) in [6.45, 7) is 4.42. The van der Waals surface area contributed by atoms with Gasteiger partial charge in [0.15, 0.2) is 0 Å². The van der Waals surface area contributed by atoms with Gasteiger partial charge in [-0.1, -0.05) is 6.92 Å². The first-order chi connectivity index (χ1) is 11.3. The van der Waals surface area contributed by atoms with E-state index < -0.39 is 12.7 Å². The SMILES string of the molecule is CCN(CC1CCN(C(=O)Nc2cc(C)ccn2)C1)CC(F)(F)F. The van der Waals surface area contributed by atoms with Crippen LogP contribution in [0.2, 0.25) is 0 Å². The summed E-state index contributed by atoms with van der Waals surface area (Å²) in [5.74, 6) is 0.541. The van der Waals surface area contributed by atoms with Crippen molar-refractivity contribution in [3.63, 3.8) is 0 Å². The van der Waals surface area contributed by atoms with E-state index in [9.17, 15) is 18.0 Å². The Labute approximate surface area is 139 Å². The molecule has 1 saturated heterocycles. The van der Waals surface area contributed by atoms with Gasteiger partial charge in [-0.05, 0) is 43.5 Å². The lowest BCUT2D eigenvalue weighted by Gasteiger charge is -2.25. The van der Waals surface area contributed by atoms with Crippen LogP contribution in [-0.4, -0.2) is 59.7 Å². The number of urea groups is 1. The van der Waals surface area contributed by atoms with E-state index in [1.165, 1.54) is 4.90 Å². The molecule has 8 heteroatoms. The summed E-state index contributed by atoms with van der Waals surface area (Å²) in [5, 5.41) is 2.73. The quantitative estimate of drug-likeness (QED) is 0.893. The third kappa shape index (κ3) is 5.67. The third-order valence-electron chi connectivity index (χ3n) is 4.09. The van der Waals surface area contributed by atoms with E-state index in [0.29, 0.717) is 38.4 Å². The zero-order chi connectivity index (χ0) is 17.7. The highest BCUT2D eigenvalue weighted by Gasteiger charge is 2.33. The molecular weight excluding hydrogens is 321 g/mol. The fourth-order valence-electron chi connectivity index (χ4n) is 2.88. The van der Waals surface area contributed by atoms with Gasteiger partial charge in [-0.25, -0.2) is 9.78 Å². The molecule has 1 aromatic heterocycles. The lowest BCUT2D eigenvalue weighted by molar-refractivity contribution is -0.146. The minimum absolute atomic E-state index is 0.0588. The van der Waals surface area contributed by atoms with Crippen molar-refractivity contribution in [1.29, 1.82) is 0 Å². The molecule has 0 aliphatic carbocycles. The number of carbonyl (C=O) groups excluding carboxylic acids is 1. The number of pyridine rings is 1. The van der Waals surface area contributed by atoms with Crippen molar-refractivity contribution in [2.75, 3.05) is 38.0 Å². The molecule has 1 aliphatic heterocycles. The number of alkyl halides is 3. The predicted octanol–water partition coefficient (Wildman–Crippen LogP) is 3.13.